The lowest BCUT2D eigenvalue weighted by atomic mass is 10.1. The van der Waals surface area contributed by atoms with E-state index in [1.165, 1.54) is 0 Å². The number of aliphatic hydroxyl groups excluding tert-OH is 1. The van der Waals surface area contributed by atoms with E-state index in [2.05, 4.69) is 0 Å². The average molecular weight is 280 g/mol. The largest absolute Gasteiger partial charge is 0.398 e. The number of hydrogen-bond donors (Lipinski definition) is 2. The lowest BCUT2D eigenvalue weighted by Gasteiger charge is -2.12. The van der Waals surface area contributed by atoms with Gasteiger partial charge in [0.1, 0.15) is 0 Å². The van der Waals surface area contributed by atoms with Crippen LogP contribution in [0, 0.1) is 0 Å². The summed E-state index contributed by atoms with van der Waals surface area (Å²) in [4.78, 5) is 1.08. The highest BCUT2D eigenvalue weighted by Crippen LogP contribution is 2.28. The van der Waals surface area contributed by atoms with Gasteiger partial charge in [-0.25, -0.2) is 0 Å². The Kier molecular flexibility index (Phi) is 4.53. The van der Waals surface area contributed by atoms with Crippen molar-refractivity contribution in [1.82, 2.24) is 0 Å². The molecule has 0 saturated carbocycles. The molecule has 0 heterocycles. The molecule has 1 atom stereocenters. The van der Waals surface area contributed by atoms with E-state index in [0.29, 0.717) is 16.5 Å². The maximum atomic E-state index is 10.1. The number of aliphatic hydroxyl groups is 1. The van der Waals surface area contributed by atoms with Crippen LogP contribution in [0.4, 0.5) is 5.69 Å². The summed E-state index contributed by atoms with van der Waals surface area (Å²) in [6.07, 6.45) is -0.563. The van der Waals surface area contributed by atoms with Crippen molar-refractivity contribution in [2.75, 3.05) is 11.5 Å². The second kappa shape index (κ2) is 6.14. The summed E-state index contributed by atoms with van der Waals surface area (Å²) in [5.74, 6) is 0.565. The van der Waals surface area contributed by atoms with Gasteiger partial charge in [0.2, 0.25) is 0 Å². The highest BCUT2D eigenvalue weighted by Gasteiger charge is 2.10. The SMILES string of the molecule is Nc1ccccc1C(O)CSc1ccc(Cl)cc1. The van der Waals surface area contributed by atoms with Crippen LogP contribution in [0.5, 0.6) is 0 Å². The van der Waals surface area contributed by atoms with Crippen molar-refractivity contribution < 1.29 is 5.11 Å². The second-order valence-corrected chi connectivity index (χ2v) is 5.44. The molecular formula is C14H14ClNOS. The zero-order chi connectivity index (χ0) is 13.0. The highest BCUT2D eigenvalue weighted by molar-refractivity contribution is 7.99. The molecule has 0 aliphatic heterocycles. The van der Waals surface area contributed by atoms with E-state index >= 15 is 0 Å². The molecule has 2 aromatic rings. The summed E-state index contributed by atoms with van der Waals surface area (Å²) in [6, 6.07) is 14.9. The van der Waals surface area contributed by atoms with Crippen LogP contribution in [0.3, 0.4) is 0 Å². The molecule has 1 unspecified atom stereocenters. The van der Waals surface area contributed by atoms with Crippen LogP contribution in [0.2, 0.25) is 5.02 Å². The fraction of sp³-hybridized carbons (Fsp3) is 0.143. The Hall–Kier alpha value is -1.16. The van der Waals surface area contributed by atoms with Gasteiger partial charge >= 0.3 is 0 Å². The Morgan fingerprint density at radius 2 is 1.78 bits per heavy atom. The summed E-state index contributed by atoms with van der Waals surface area (Å²) in [6.45, 7) is 0. The zero-order valence-corrected chi connectivity index (χ0v) is 11.3. The Labute approximate surface area is 116 Å². The molecule has 3 N–H and O–H groups in total. The molecule has 0 fully saturated rings. The fourth-order valence-electron chi connectivity index (χ4n) is 1.61. The minimum absolute atomic E-state index is 0.563. The molecule has 94 valence electrons. The van der Waals surface area contributed by atoms with E-state index in [0.717, 1.165) is 10.5 Å². The van der Waals surface area contributed by atoms with E-state index < -0.39 is 6.10 Å². The number of anilines is 1. The van der Waals surface area contributed by atoms with Crippen LogP contribution in [-0.2, 0) is 0 Å². The van der Waals surface area contributed by atoms with Crippen LogP contribution in [0.1, 0.15) is 11.7 Å². The third-order valence-corrected chi connectivity index (χ3v) is 3.92. The summed E-state index contributed by atoms with van der Waals surface area (Å²) in [5, 5.41) is 10.8. The summed E-state index contributed by atoms with van der Waals surface area (Å²) >= 11 is 7.39. The number of halogens is 1. The van der Waals surface area contributed by atoms with Gasteiger partial charge in [0.05, 0.1) is 6.10 Å². The quantitative estimate of drug-likeness (QED) is 0.662. The maximum Gasteiger partial charge on any atom is 0.0903 e. The third kappa shape index (κ3) is 3.42. The van der Waals surface area contributed by atoms with Gasteiger partial charge in [-0.15, -0.1) is 11.8 Å². The fourth-order valence-corrected chi connectivity index (χ4v) is 2.59. The minimum Gasteiger partial charge on any atom is -0.398 e. The van der Waals surface area contributed by atoms with Crippen molar-refractivity contribution in [2.24, 2.45) is 0 Å². The molecule has 18 heavy (non-hydrogen) atoms. The molecule has 0 aliphatic rings. The summed E-state index contributed by atoms with van der Waals surface area (Å²) in [5.41, 5.74) is 7.23. The van der Waals surface area contributed by atoms with E-state index in [9.17, 15) is 5.11 Å². The number of rotatable bonds is 4. The number of nitrogen functional groups attached to an aromatic ring is 1. The number of para-hydroxylation sites is 1. The third-order valence-electron chi connectivity index (χ3n) is 2.58. The molecule has 0 spiro atoms. The normalized spacial score (nSPS) is 12.3. The van der Waals surface area contributed by atoms with E-state index in [4.69, 9.17) is 17.3 Å². The van der Waals surface area contributed by atoms with Crippen LogP contribution in [-0.4, -0.2) is 10.9 Å². The van der Waals surface area contributed by atoms with Crippen LogP contribution >= 0.6 is 23.4 Å². The van der Waals surface area contributed by atoms with Gasteiger partial charge < -0.3 is 10.8 Å². The Morgan fingerprint density at radius 1 is 1.11 bits per heavy atom. The second-order valence-electron chi connectivity index (χ2n) is 3.91. The molecule has 2 nitrogen and oxygen atoms in total. The Bertz CT molecular complexity index is 515. The summed E-state index contributed by atoms with van der Waals surface area (Å²) in [7, 11) is 0. The van der Waals surface area contributed by atoms with Gasteiger partial charge in [0.25, 0.3) is 0 Å². The van der Waals surface area contributed by atoms with Gasteiger partial charge in [-0.2, -0.15) is 0 Å². The lowest BCUT2D eigenvalue weighted by Crippen LogP contribution is -2.04. The first-order valence-electron chi connectivity index (χ1n) is 5.57. The Balaban J connectivity index is 1.98. The lowest BCUT2D eigenvalue weighted by molar-refractivity contribution is 0.205. The minimum atomic E-state index is -0.563. The smallest absolute Gasteiger partial charge is 0.0903 e. The molecule has 4 heteroatoms. The monoisotopic (exact) mass is 279 g/mol. The molecule has 0 bridgehead atoms. The first-order valence-corrected chi connectivity index (χ1v) is 6.94. The molecule has 0 saturated heterocycles. The molecule has 0 radical (unpaired) electrons. The Morgan fingerprint density at radius 3 is 2.44 bits per heavy atom. The summed E-state index contributed by atoms with van der Waals surface area (Å²) < 4.78 is 0. The first-order chi connectivity index (χ1) is 8.66. The molecule has 0 aromatic heterocycles. The van der Waals surface area contributed by atoms with Crippen molar-refractivity contribution in [2.45, 2.75) is 11.0 Å². The maximum absolute atomic E-state index is 10.1. The van der Waals surface area contributed by atoms with E-state index in [1.54, 1.807) is 17.8 Å². The van der Waals surface area contributed by atoms with Crippen molar-refractivity contribution in [3.05, 3.63) is 59.1 Å². The van der Waals surface area contributed by atoms with E-state index in [-0.39, 0.29) is 0 Å². The molecule has 0 aliphatic carbocycles. The number of hydrogen-bond acceptors (Lipinski definition) is 3. The van der Waals surface area contributed by atoms with Gasteiger partial charge in [-0.1, -0.05) is 29.8 Å². The van der Waals surface area contributed by atoms with Crippen molar-refractivity contribution in [3.8, 4) is 0 Å². The van der Waals surface area contributed by atoms with Crippen molar-refractivity contribution in [1.29, 1.82) is 0 Å². The van der Waals surface area contributed by atoms with Crippen molar-refractivity contribution >= 4 is 29.1 Å². The average Bonchev–Trinajstić information content (AvgIpc) is 2.38. The topological polar surface area (TPSA) is 46.2 Å². The van der Waals surface area contributed by atoms with Gasteiger partial charge in [-0.05, 0) is 30.3 Å². The zero-order valence-electron chi connectivity index (χ0n) is 9.71. The standard InChI is InChI=1S/C14H14ClNOS/c15-10-5-7-11(8-6-10)18-9-14(17)12-3-1-2-4-13(12)16/h1-8,14,17H,9,16H2. The number of benzene rings is 2. The molecular weight excluding hydrogens is 266 g/mol. The van der Waals surface area contributed by atoms with E-state index in [1.807, 2.05) is 42.5 Å². The van der Waals surface area contributed by atoms with Gasteiger partial charge in [0.15, 0.2) is 0 Å². The van der Waals surface area contributed by atoms with Gasteiger partial charge in [0, 0.05) is 26.9 Å². The highest BCUT2D eigenvalue weighted by atomic mass is 35.5. The van der Waals surface area contributed by atoms with Crippen LogP contribution < -0.4 is 5.73 Å². The van der Waals surface area contributed by atoms with Gasteiger partial charge in [-0.3, -0.25) is 0 Å². The van der Waals surface area contributed by atoms with Crippen molar-refractivity contribution in [3.63, 3.8) is 0 Å². The van der Waals surface area contributed by atoms with Crippen LogP contribution in [0.25, 0.3) is 0 Å². The van der Waals surface area contributed by atoms with Crippen LogP contribution in [0.15, 0.2) is 53.4 Å². The number of nitrogens with two attached hydrogens (primary N) is 1. The molecule has 2 rings (SSSR count). The molecule has 0 amide bonds. The first kappa shape index (κ1) is 13.3. The predicted octanol–water partition coefficient (Wildman–Crippen LogP) is 3.75. The molecule has 2 aromatic carbocycles. The predicted molar refractivity (Wildman–Crippen MR) is 78.0 cm³/mol. The number of thioether (sulfide) groups is 1.